The highest BCUT2D eigenvalue weighted by Crippen LogP contribution is 2.10. The van der Waals surface area contributed by atoms with Gasteiger partial charge in [0.25, 0.3) is 0 Å². The maximum absolute atomic E-state index is 8.51. The molecule has 0 spiro atoms. The molecular formula is C12H26O3. The van der Waals surface area contributed by atoms with Crippen LogP contribution in [0.25, 0.3) is 0 Å². The first-order chi connectivity index (χ1) is 7.35. The van der Waals surface area contributed by atoms with Gasteiger partial charge in [-0.05, 0) is 12.8 Å². The summed E-state index contributed by atoms with van der Waals surface area (Å²) in [5.41, 5.74) is 0. The Kier molecular flexibility index (Phi) is 11.9. The molecule has 1 unspecified atom stereocenters. The van der Waals surface area contributed by atoms with Crippen molar-refractivity contribution in [2.75, 3.05) is 26.4 Å². The molecule has 1 N–H and O–H groups in total. The average molecular weight is 218 g/mol. The maximum atomic E-state index is 8.51. The first-order valence-corrected chi connectivity index (χ1v) is 6.15. The Hall–Kier alpha value is -0.120. The van der Waals surface area contributed by atoms with Crippen LogP contribution < -0.4 is 0 Å². The molecule has 0 aliphatic rings. The molecule has 1 atom stereocenters. The van der Waals surface area contributed by atoms with Crippen molar-refractivity contribution in [3.8, 4) is 0 Å². The van der Waals surface area contributed by atoms with E-state index in [0.717, 1.165) is 12.8 Å². The first-order valence-electron chi connectivity index (χ1n) is 6.15. The van der Waals surface area contributed by atoms with Crippen LogP contribution in [0.15, 0.2) is 0 Å². The fraction of sp³-hybridized carbons (Fsp3) is 1.00. The van der Waals surface area contributed by atoms with Crippen LogP contribution in [0.3, 0.4) is 0 Å². The predicted octanol–water partition coefficient (Wildman–Crippen LogP) is 2.37. The molecule has 0 aliphatic heterocycles. The van der Waals surface area contributed by atoms with Gasteiger partial charge in [0.15, 0.2) is 0 Å². The Morgan fingerprint density at radius 1 is 1.00 bits per heavy atom. The summed E-state index contributed by atoms with van der Waals surface area (Å²) in [5, 5.41) is 8.51. The summed E-state index contributed by atoms with van der Waals surface area (Å²) in [6.45, 7) is 6.13. The number of unbranched alkanes of at least 4 members (excludes halogenated alkanes) is 1. The van der Waals surface area contributed by atoms with Crippen molar-refractivity contribution in [1.82, 2.24) is 0 Å². The van der Waals surface area contributed by atoms with E-state index < -0.39 is 0 Å². The summed E-state index contributed by atoms with van der Waals surface area (Å²) in [6.07, 6.45) is 6.33. The molecule has 0 saturated heterocycles. The summed E-state index contributed by atoms with van der Waals surface area (Å²) < 4.78 is 10.9. The standard InChI is InChI=1S/C12H26O3/c1-3-5-7-12(6-4-2)15-11-10-14-9-8-13/h12-13H,3-11H2,1-2H3. The third kappa shape index (κ3) is 10.2. The normalized spacial score (nSPS) is 13.0. The molecule has 3 nitrogen and oxygen atoms in total. The Morgan fingerprint density at radius 3 is 2.40 bits per heavy atom. The van der Waals surface area contributed by atoms with Gasteiger partial charge in [0.1, 0.15) is 0 Å². The summed E-state index contributed by atoms with van der Waals surface area (Å²) >= 11 is 0. The molecule has 0 heterocycles. The van der Waals surface area contributed by atoms with E-state index in [4.69, 9.17) is 14.6 Å². The Labute approximate surface area is 93.8 Å². The maximum Gasteiger partial charge on any atom is 0.0704 e. The number of aliphatic hydroxyl groups is 1. The molecule has 0 saturated carbocycles. The van der Waals surface area contributed by atoms with Crippen molar-refractivity contribution < 1.29 is 14.6 Å². The highest BCUT2D eigenvalue weighted by Gasteiger charge is 2.06. The minimum atomic E-state index is 0.0915. The molecule has 92 valence electrons. The van der Waals surface area contributed by atoms with E-state index in [1.54, 1.807) is 0 Å². The Bertz CT molecular complexity index is 117. The minimum Gasteiger partial charge on any atom is -0.394 e. The van der Waals surface area contributed by atoms with Crippen LogP contribution in [0.1, 0.15) is 46.0 Å². The molecule has 0 radical (unpaired) electrons. The van der Waals surface area contributed by atoms with E-state index in [2.05, 4.69) is 13.8 Å². The predicted molar refractivity (Wildman–Crippen MR) is 62.1 cm³/mol. The van der Waals surface area contributed by atoms with Crippen LogP contribution in [0, 0.1) is 0 Å². The molecule has 3 heteroatoms. The van der Waals surface area contributed by atoms with E-state index in [9.17, 15) is 0 Å². The van der Waals surface area contributed by atoms with Gasteiger partial charge in [-0.25, -0.2) is 0 Å². The van der Waals surface area contributed by atoms with Gasteiger partial charge in [0, 0.05) is 0 Å². The molecule has 0 aromatic carbocycles. The molecule has 0 aliphatic carbocycles. The van der Waals surface area contributed by atoms with E-state index in [0.29, 0.717) is 25.9 Å². The second kappa shape index (κ2) is 12.0. The van der Waals surface area contributed by atoms with E-state index in [1.165, 1.54) is 19.3 Å². The van der Waals surface area contributed by atoms with Crippen molar-refractivity contribution in [2.24, 2.45) is 0 Å². The summed E-state index contributed by atoms with van der Waals surface area (Å²) in [7, 11) is 0. The number of ether oxygens (including phenoxy) is 2. The zero-order valence-electron chi connectivity index (χ0n) is 10.2. The first kappa shape index (κ1) is 14.9. The van der Waals surface area contributed by atoms with E-state index in [-0.39, 0.29) is 6.61 Å². The highest BCUT2D eigenvalue weighted by molar-refractivity contribution is 4.57. The lowest BCUT2D eigenvalue weighted by Crippen LogP contribution is -2.16. The van der Waals surface area contributed by atoms with Gasteiger partial charge in [0.2, 0.25) is 0 Å². The molecule has 0 aromatic heterocycles. The summed E-state index contributed by atoms with van der Waals surface area (Å²) in [4.78, 5) is 0. The molecule has 15 heavy (non-hydrogen) atoms. The highest BCUT2D eigenvalue weighted by atomic mass is 16.5. The van der Waals surface area contributed by atoms with Crippen LogP contribution in [-0.2, 0) is 9.47 Å². The molecule has 0 fully saturated rings. The molecule has 0 aromatic rings. The lowest BCUT2D eigenvalue weighted by Gasteiger charge is -2.16. The SMILES string of the molecule is CCCCC(CCC)OCCOCCO. The Morgan fingerprint density at radius 2 is 1.80 bits per heavy atom. The van der Waals surface area contributed by atoms with Crippen LogP contribution in [0.5, 0.6) is 0 Å². The smallest absolute Gasteiger partial charge is 0.0704 e. The second-order valence-electron chi connectivity index (χ2n) is 3.76. The van der Waals surface area contributed by atoms with Crippen LogP contribution >= 0.6 is 0 Å². The average Bonchev–Trinajstić information content (AvgIpc) is 2.25. The van der Waals surface area contributed by atoms with Crippen molar-refractivity contribution in [1.29, 1.82) is 0 Å². The Balaban J connectivity index is 3.38. The van der Waals surface area contributed by atoms with Gasteiger partial charge in [-0.2, -0.15) is 0 Å². The fourth-order valence-corrected chi connectivity index (χ4v) is 1.51. The van der Waals surface area contributed by atoms with Gasteiger partial charge in [0.05, 0.1) is 32.5 Å². The van der Waals surface area contributed by atoms with Gasteiger partial charge in [-0.3, -0.25) is 0 Å². The van der Waals surface area contributed by atoms with Gasteiger partial charge in [-0.15, -0.1) is 0 Å². The van der Waals surface area contributed by atoms with E-state index >= 15 is 0 Å². The van der Waals surface area contributed by atoms with Crippen LogP contribution in [0.2, 0.25) is 0 Å². The van der Waals surface area contributed by atoms with Crippen molar-refractivity contribution in [3.05, 3.63) is 0 Å². The minimum absolute atomic E-state index is 0.0915. The fourth-order valence-electron chi connectivity index (χ4n) is 1.51. The number of aliphatic hydroxyl groups excluding tert-OH is 1. The summed E-state index contributed by atoms with van der Waals surface area (Å²) in [5.74, 6) is 0. The zero-order chi connectivity index (χ0) is 11.4. The van der Waals surface area contributed by atoms with Crippen molar-refractivity contribution >= 4 is 0 Å². The molecular weight excluding hydrogens is 192 g/mol. The largest absolute Gasteiger partial charge is 0.394 e. The van der Waals surface area contributed by atoms with E-state index in [1.807, 2.05) is 0 Å². The molecule has 0 bridgehead atoms. The summed E-state index contributed by atoms with van der Waals surface area (Å²) in [6, 6.07) is 0. The molecule has 0 rings (SSSR count). The van der Waals surface area contributed by atoms with Gasteiger partial charge >= 0.3 is 0 Å². The zero-order valence-corrected chi connectivity index (χ0v) is 10.2. The topological polar surface area (TPSA) is 38.7 Å². The van der Waals surface area contributed by atoms with Crippen molar-refractivity contribution in [3.63, 3.8) is 0 Å². The van der Waals surface area contributed by atoms with Crippen molar-refractivity contribution in [2.45, 2.75) is 52.1 Å². The third-order valence-electron chi connectivity index (χ3n) is 2.31. The van der Waals surface area contributed by atoms with Gasteiger partial charge in [-0.1, -0.05) is 33.1 Å². The number of hydrogen-bond donors (Lipinski definition) is 1. The quantitative estimate of drug-likeness (QED) is 0.541. The van der Waals surface area contributed by atoms with Gasteiger partial charge < -0.3 is 14.6 Å². The second-order valence-corrected chi connectivity index (χ2v) is 3.76. The monoisotopic (exact) mass is 218 g/mol. The number of hydrogen-bond acceptors (Lipinski definition) is 3. The molecule has 0 amide bonds. The van der Waals surface area contributed by atoms with Crippen LogP contribution in [-0.4, -0.2) is 37.6 Å². The lowest BCUT2D eigenvalue weighted by molar-refractivity contribution is -0.00926. The van der Waals surface area contributed by atoms with Crippen LogP contribution in [0.4, 0.5) is 0 Å². The lowest BCUT2D eigenvalue weighted by atomic mass is 10.1. The third-order valence-corrected chi connectivity index (χ3v) is 2.31. The number of rotatable bonds is 11.